The first-order valence-corrected chi connectivity index (χ1v) is 8.51. The highest BCUT2D eigenvalue weighted by Gasteiger charge is 2.15. The minimum atomic E-state index is 0.0556. The normalized spacial score (nSPS) is 10.5. The van der Waals surface area contributed by atoms with Crippen LogP contribution in [0.4, 0.5) is 5.69 Å². The molecule has 0 saturated heterocycles. The van der Waals surface area contributed by atoms with E-state index in [0.717, 1.165) is 27.8 Å². The van der Waals surface area contributed by atoms with Crippen molar-refractivity contribution in [2.24, 2.45) is 0 Å². The Bertz CT molecular complexity index is 639. The third-order valence-electron chi connectivity index (χ3n) is 3.20. The van der Waals surface area contributed by atoms with Crippen molar-refractivity contribution in [2.75, 3.05) is 18.9 Å². The van der Waals surface area contributed by atoms with E-state index >= 15 is 0 Å². The number of carbonyl (C=O) groups is 1. The Labute approximate surface area is 138 Å². The minimum absolute atomic E-state index is 0.0556. The van der Waals surface area contributed by atoms with Crippen LogP contribution in [0.1, 0.15) is 27.7 Å². The Morgan fingerprint density at radius 2 is 2.14 bits per heavy atom. The zero-order valence-electron chi connectivity index (χ0n) is 12.4. The highest BCUT2D eigenvalue weighted by molar-refractivity contribution is 9.10. The minimum Gasteiger partial charge on any atom is -0.385 e. The van der Waals surface area contributed by atoms with Crippen molar-refractivity contribution >= 4 is 38.9 Å². The van der Waals surface area contributed by atoms with Crippen molar-refractivity contribution in [3.63, 3.8) is 0 Å². The summed E-state index contributed by atoms with van der Waals surface area (Å²) in [6.45, 7) is 5.54. The van der Waals surface area contributed by atoms with Crippen molar-refractivity contribution < 1.29 is 4.79 Å². The van der Waals surface area contributed by atoms with Crippen molar-refractivity contribution in [3.8, 4) is 0 Å². The second-order valence-electron chi connectivity index (χ2n) is 4.95. The summed E-state index contributed by atoms with van der Waals surface area (Å²) in [5, 5.41) is 5.29. The number of amides is 1. The summed E-state index contributed by atoms with van der Waals surface area (Å²) in [5.41, 5.74) is 2.81. The van der Waals surface area contributed by atoms with Crippen LogP contribution in [0.25, 0.3) is 0 Å². The molecule has 0 aliphatic rings. The quantitative estimate of drug-likeness (QED) is 0.843. The largest absolute Gasteiger partial charge is 0.385 e. The van der Waals surface area contributed by atoms with Gasteiger partial charge in [-0.15, -0.1) is 11.3 Å². The third-order valence-corrected chi connectivity index (χ3v) is 4.88. The first kappa shape index (κ1) is 16.0. The number of nitrogens with one attached hydrogen (secondary N) is 1. The second-order valence-corrected chi connectivity index (χ2v) is 6.86. The van der Waals surface area contributed by atoms with Gasteiger partial charge >= 0.3 is 0 Å². The molecule has 1 amide bonds. The molecular weight excluding hydrogens is 348 g/mol. The molecule has 5 heteroatoms. The molecule has 0 fully saturated rings. The number of halogens is 1. The van der Waals surface area contributed by atoms with E-state index in [2.05, 4.69) is 34.2 Å². The summed E-state index contributed by atoms with van der Waals surface area (Å²) in [6, 6.07) is 7.93. The Kier molecular flexibility index (Phi) is 5.42. The van der Waals surface area contributed by atoms with Gasteiger partial charge in [-0.3, -0.25) is 4.79 Å². The van der Waals surface area contributed by atoms with Crippen LogP contribution < -0.4 is 5.32 Å². The van der Waals surface area contributed by atoms with Gasteiger partial charge < -0.3 is 10.2 Å². The van der Waals surface area contributed by atoms with Crippen molar-refractivity contribution in [1.29, 1.82) is 0 Å². The van der Waals surface area contributed by atoms with Gasteiger partial charge in [0.2, 0.25) is 0 Å². The van der Waals surface area contributed by atoms with Crippen LogP contribution in [0.2, 0.25) is 0 Å². The van der Waals surface area contributed by atoms with Crippen LogP contribution in [0.15, 0.2) is 34.1 Å². The molecule has 0 aliphatic heterocycles. The number of thiophene rings is 1. The van der Waals surface area contributed by atoms with E-state index in [0.29, 0.717) is 6.54 Å². The standard InChI is InChI=1S/C16H19BrN2OS/c1-4-18-13-5-6-15(11(2)7-13)16(20)19(3)9-14-8-12(17)10-21-14/h5-8,10,18H,4,9H2,1-3H3. The third kappa shape index (κ3) is 4.08. The zero-order valence-corrected chi connectivity index (χ0v) is 14.8. The van der Waals surface area contributed by atoms with Crippen molar-refractivity contribution in [1.82, 2.24) is 4.90 Å². The topological polar surface area (TPSA) is 32.3 Å². The van der Waals surface area contributed by atoms with E-state index in [1.807, 2.05) is 37.6 Å². The first-order valence-electron chi connectivity index (χ1n) is 6.84. The molecule has 1 N–H and O–H groups in total. The molecule has 0 saturated carbocycles. The van der Waals surface area contributed by atoms with E-state index in [1.165, 1.54) is 4.88 Å². The predicted octanol–water partition coefficient (Wildman–Crippen LogP) is 4.52. The van der Waals surface area contributed by atoms with Gasteiger partial charge in [-0.25, -0.2) is 0 Å². The lowest BCUT2D eigenvalue weighted by Gasteiger charge is -2.18. The number of carbonyl (C=O) groups excluding carboxylic acids is 1. The van der Waals surface area contributed by atoms with Crippen LogP contribution >= 0.6 is 27.3 Å². The number of hydrogen-bond acceptors (Lipinski definition) is 3. The van der Waals surface area contributed by atoms with E-state index in [9.17, 15) is 4.79 Å². The molecule has 112 valence electrons. The Morgan fingerprint density at radius 1 is 1.38 bits per heavy atom. The molecule has 0 bridgehead atoms. The molecule has 1 heterocycles. The SMILES string of the molecule is CCNc1ccc(C(=O)N(C)Cc2cc(Br)cs2)c(C)c1. The summed E-state index contributed by atoms with van der Waals surface area (Å²) in [6.07, 6.45) is 0. The number of anilines is 1. The molecule has 21 heavy (non-hydrogen) atoms. The number of nitrogens with zero attached hydrogens (tertiary/aromatic N) is 1. The maximum absolute atomic E-state index is 12.5. The molecule has 1 aromatic heterocycles. The van der Waals surface area contributed by atoms with Gasteiger partial charge in [0.1, 0.15) is 0 Å². The fourth-order valence-electron chi connectivity index (χ4n) is 2.17. The van der Waals surface area contributed by atoms with Crippen LogP contribution in [0.3, 0.4) is 0 Å². The van der Waals surface area contributed by atoms with Crippen molar-refractivity contribution in [2.45, 2.75) is 20.4 Å². The lowest BCUT2D eigenvalue weighted by atomic mass is 10.1. The number of rotatable bonds is 5. The molecule has 0 aliphatic carbocycles. The molecule has 0 atom stereocenters. The highest BCUT2D eigenvalue weighted by atomic mass is 79.9. The van der Waals surface area contributed by atoms with Crippen LogP contribution in [0.5, 0.6) is 0 Å². The molecule has 3 nitrogen and oxygen atoms in total. The average Bonchev–Trinajstić information content (AvgIpc) is 2.84. The van der Waals surface area contributed by atoms with E-state index < -0.39 is 0 Å². The first-order chi connectivity index (χ1) is 10.0. The van der Waals surface area contributed by atoms with Gasteiger partial charge in [0.15, 0.2) is 0 Å². The maximum Gasteiger partial charge on any atom is 0.254 e. The lowest BCUT2D eigenvalue weighted by molar-refractivity contribution is 0.0786. The van der Waals surface area contributed by atoms with Gasteiger partial charge in [-0.2, -0.15) is 0 Å². The maximum atomic E-state index is 12.5. The number of hydrogen-bond donors (Lipinski definition) is 1. The summed E-state index contributed by atoms with van der Waals surface area (Å²) in [7, 11) is 1.84. The summed E-state index contributed by atoms with van der Waals surface area (Å²) < 4.78 is 1.06. The van der Waals surface area contributed by atoms with Gasteiger partial charge in [-0.05, 0) is 59.6 Å². The molecule has 0 radical (unpaired) electrons. The summed E-state index contributed by atoms with van der Waals surface area (Å²) in [4.78, 5) is 15.5. The Morgan fingerprint density at radius 3 is 2.71 bits per heavy atom. The van der Waals surface area contributed by atoms with Crippen LogP contribution in [-0.4, -0.2) is 24.4 Å². The van der Waals surface area contributed by atoms with Crippen molar-refractivity contribution in [3.05, 3.63) is 50.1 Å². The predicted molar refractivity (Wildman–Crippen MR) is 93.2 cm³/mol. The smallest absolute Gasteiger partial charge is 0.254 e. The van der Waals surface area contributed by atoms with E-state index in [-0.39, 0.29) is 5.91 Å². The van der Waals surface area contributed by atoms with Crippen LogP contribution in [-0.2, 0) is 6.54 Å². The monoisotopic (exact) mass is 366 g/mol. The zero-order chi connectivity index (χ0) is 15.4. The molecule has 0 spiro atoms. The van der Waals surface area contributed by atoms with E-state index in [1.54, 1.807) is 16.2 Å². The molecule has 2 rings (SSSR count). The molecule has 1 aromatic carbocycles. The lowest BCUT2D eigenvalue weighted by Crippen LogP contribution is -2.26. The highest BCUT2D eigenvalue weighted by Crippen LogP contribution is 2.22. The van der Waals surface area contributed by atoms with Gasteiger partial charge in [-0.1, -0.05) is 0 Å². The average molecular weight is 367 g/mol. The summed E-state index contributed by atoms with van der Waals surface area (Å²) in [5.74, 6) is 0.0556. The summed E-state index contributed by atoms with van der Waals surface area (Å²) >= 11 is 5.09. The van der Waals surface area contributed by atoms with E-state index in [4.69, 9.17) is 0 Å². The van der Waals surface area contributed by atoms with Crippen LogP contribution in [0, 0.1) is 6.92 Å². The van der Waals surface area contributed by atoms with Gasteiger partial charge in [0.25, 0.3) is 5.91 Å². The Hall–Kier alpha value is -1.33. The fourth-order valence-corrected chi connectivity index (χ4v) is 3.67. The molecule has 2 aromatic rings. The molecular formula is C16H19BrN2OS. The second kappa shape index (κ2) is 7.09. The van der Waals surface area contributed by atoms with Gasteiger partial charge in [0, 0.05) is 39.6 Å². The fraction of sp³-hybridized carbons (Fsp3) is 0.312. The van der Waals surface area contributed by atoms with Gasteiger partial charge in [0.05, 0.1) is 6.54 Å². The Balaban J connectivity index is 2.11. The molecule has 0 unspecified atom stereocenters. The number of benzene rings is 1. The number of aryl methyl sites for hydroxylation is 1.